The lowest BCUT2D eigenvalue weighted by atomic mass is 10.2. The van der Waals surface area contributed by atoms with E-state index in [0.717, 1.165) is 32.1 Å². The fraction of sp³-hybridized carbons (Fsp3) is 0.909. The van der Waals surface area contributed by atoms with Crippen LogP contribution in [0.15, 0.2) is 0 Å². The summed E-state index contributed by atoms with van der Waals surface area (Å²) < 4.78 is 10.5. The van der Waals surface area contributed by atoms with Crippen molar-refractivity contribution >= 4 is 5.97 Å². The van der Waals surface area contributed by atoms with E-state index in [9.17, 15) is 4.79 Å². The molecule has 0 saturated carbocycles. The number of hydrogen-bond donors (Lipinski definition) is 0. The largest absolute Gasteiger partial charge is 0.436 e. The third-order valence-electron chi connectivity index (χ3n) is 1.89. The molecule has 0 N–H and O–H groups in total. The normalized spacial score (nSPS) is 12.5. The third kappa shape index (κ3) is 8.05. The number of hydrogen-bond acceptors (Lipinski definition) is 3. The second-order valence-corrected chi connectivity index (χ2v) is 3.41. The van der Waals surface area contributed by atoms with Crippen LogP contribution in [0.25, 0.3) is 0 Å². The second kappa shape index (κ2) is 9.00. The van der Waals surface area contributed by atoms with Crippen LogP contribution in [0.3, 0.4) is 0 Å². The van der Waals surface area contributed by atoms with E-state index in [2.05, 4.69) is 13.8 Å². The summed E-state index contributed by atoms with van der Waals surface area (Å²) in [6.07, 6.45) is 4.71. The number of ether oxygens (including phenoxy) is 2. The van der Waals surface area contributed by atoms with E-state index in [1.165, 1.54) is 6.92 Å². The Morgan fingerprint density at radius 3 is 2.36 bits per heavy atom. The van der Waals surface area contributed by atoms with E-state index in [1.807, 2.05) is 0 Å². The molecule has 0 aromatic rings. The molecule has 0 aliphatic rings. The van der Waals surface area contributed by atoms with Gasteiger partial charge in [0.25, 0.3) is 0 Å². The Morgan fingerprint density at radius 1 is 1.21 bits per heavy atom. The second-order valence-electron chi connectivity index (χ2n) is 3.41. The number of unbranched alkanes of at least 4 members (excludes halogenated alkanes) is 2. The highest BCUT2D eigenvalue weighted by atomic mass is 16.7. The molecule has 0 heterocycles. The van der Waals surface area contributed by atoms with Gasteiger partial charge in [0.05, 0.1) is 6.61 Å². The summed E-state index contributed by atoms with van der Waals surface area (Å²) >= 11 is 0. The van der Waals surface area contributed by atoms with Crippen molar-refractivity contribution in [2.45, 2.75) is 59.2 Å². The van der Waals surface area contributed by atoms with Crippen molar-refractivity contribution in [3.8, 4) is 0 Å². The molecule has 0 fully saturated rings. The quantitative estimate of drug-likeness (QED) is 0.345. The Kier molecular flexibility index (Phi) is 8.64. The summed E-state index contributed by atoms with van der Waals surface area (Å²) in [5, 5.41) is 0. The molecule has 3 nitrogen and oxygen atoms in total. The van der Waals surface area contributed by atoms with Crippen LogP contribution in [0.4, 0.5) is 0 Å². The minimum Gasteiger partial charge on any atom is -0.436 e. The molecule has 0 aliphatic heterocycles. The molecule has 0 amide bonds. The van der Waals surface area contributed by atoms with Gasteiger partial charge in [-0.05, 0) is 12.8 Å². The molecule has 14 heavy (non-hydrogen) atoms. The highest BCUT2D eigenvalue weighted by Gasteiger charge is 2.10. The zero-order valence-electron chi connectivity index (χ0n) is 9.54. The fourth-order valence-electron chi connectivity index (χ4n) is 1.09. The van der Waals surface area contributed by atoms with Crippen LogP contribution in [0.1, 0.15) is 52.9 Å². The molecular formula is C11H22O3. The molecule has 0 bridgehead atoms. The summed E-state index contributed by atoms with van der Waals surface area (Å²) in [6, 6.07) is 0. The van der Waals surface area contributed by atoms with E-state index >= 15 is 0 Å². The zero-order valence-corrected chi connectivity index (χ0v) is 9.54. The van der Waals surface area contributed by atoms with Gasteiger partial charge in [0, 0.05) is 13.3 Å². The molecule has 1 atom stereocenters. The van der Waals surface area contributed by atoms with Gasteiger partial charge in [0.15, 0.2) is 0 Å². The Bertz CT molecular complexity index is 145. The van der Waals surface area contributed by atoms with E-state index < -0.39 is 0 Å². The van der Waals surface area contributed by atoms with Crippen molar-refractivity contribution in [1.29, 1.82) is 0 Å². The van der Waals surface area contributed by atoms with Crippen LogP contribution < -0.4 is 0 Å². The van der Waals surface area contributed by atoms with Gasteiger partial charge in [-0.2, -0.15) is 0 Å². The monoisotopic (exact) mass is 202 g/mol. The van der Waals surface area contributed by atoms with Gasteiger partial charge >= 0.3 is 5.97 Å². The smallest absolute Gasteiger partial charge is 0.304 e. The molecule has 0 radical (unpaired) electrons. The van der Waals surface area contributed by atoms with E-state index in [-0.39, 0.29) is 12.3 Å². The standard InChI is InChI=1S/C11H22O3/c1-4-6-8-11(14-10(3)12)13-9-7-5-2/h11H,4-9H2,1-3H3. The average molecular weight is 202 g/mol. The fourth-order valence-corrected chi connectivity index (χ4v) is 1.09. The van der Waals surface area contributed by atoms with E-state index in [1.54, 1.807) is 0 Å². The van der Waals surface area contributed by atoms with Crippen molar-refractivity contribution in [3.05, 3.63) is 0 Å². The SMILES string of the molecule is CCCCOC(CCCC)OC(C)=O. The van der Waals surface area contributed by atoms with Crippen LogP contribution in [0.5, 0.6) is 0 Å². The summed E-state index contributed by atoms with van der Waals surface area (Å²) in [5.41, 5.74) is 0. The maximum Gasteiger partial charge on any atom is 0.304 e. The average Bonchev–Trinajstić information content (AvgIpc) is 2.13. The topological polar surface area (TPSA) is 35.5 Å². The highest BCUT2D eigenvalue weighted by molar-refractivity contribution is 5.66. The zero-order chi connectivity index (χ0) is 10.8. The van der Waals surface area contributed by atoms with Crippen LogP contribution in [0.2, 0.25) is 0 Å². The van der Waals surface area contributed by atoms with Gasteiger partial charge < -0.3 is 9.47 Å². The molecule has 0 aliphatic carbocycles. The Balaban J connectivity index is 3.66. The molecule has 84 valence electrons. The molecular weight excluding hydrogens is 180 g/mol. The van der Waals surface area contributed by atoms with Crippen molar-refractivity contribution < 1.29 is 14.3 Å². The lowest BCUT2D eigenvalue weighted by molar-refractivity contribution is -0.178. The third-order valence-corrected chi connectivity index (χ3v) is 1.89. The van der Waals surface area contributed by atoms with Crippen LogP contribution in [0, 0.1) is 0 Å². The van der Waals surface area contributed by atoms with E-state index in [4.69, 9.17) is 9.47 Å². The number of carbonyl (C=O) groups is 1. The number of esters is 1. The summed E-state index contributed by atoms with van der Waals surface area (Å²) in [5.74, 6) is -0.261. The Labute approximate surface area is 86.8 Å². The van der Waals surface area contributed by atoms with Crippen LogP contribution >= 0.6 is 0 Å². The maximum absolute atomic E-state index is 10.7. The first-order chi connectivity index (χ1) is 6.70. The molecule has 0 spiro atoms. The summed E-state index contributed by atoms with van der Waals surface area (Å²) in [7, 11) is 0. The molecule has 0 rings (SSSR count). The molecule has 3 heteroatoms. The van der Waals surface area contributed by atoms with Gasteiger partial charge in [0.1, 0.15) is 0 Å². The predicted molar refractivity (Wildman–Crippen MR) is 55.9 cm³/mol. The minimum absolute atomic E-state index is 0.261. The van der Waals surface area contributed by atoms with E-state index in [0.29, 0.717) is 6.61 Å². The first-order valence-electron chi connectivity index (χ1n) is 5.49. The van der Waals surface area contributed by atoms with Gasteiger partial charge in [-0.25, -0.2) is 0 Å². The molecule has 0 saturated heterocycles. The Hall–Kier alpha value is -0.570. The summed E-state index contributed by atoms with van der Waals surface area (Å²) in [4.78, 5) is 10.7. The molecule has 1 unspecified atom stereocenters. The predicted octanol–water partition coefficient (Wildman–Crippen LogP) is 2.88. The van der Waals surface area contributed by atoms with Gasteiger partial charge in [-0.3, -0.25) is 4.79 Å². The van der Waals surface area contributed by atoms with Crippen molar-refractivity contribution in [3.63, 3.8) is 0 Å². The molecule has 0 aromatic heterocycles. The lowest BCUT2D eigenvalue weighted by Gasteiger charge is -2.16. The van der Waals surface area contributed by atoms with Gasteiger partial charge in [-0.1, -0.05) is 26.7 Å². The van der Waals surface area contributed by atoms with Gasteiger partial charge in [0.2, 0.25) is 6.29 Å². The highest BCUT2D eigenvalue weighted by Crippen LogP contribution is 2.07. The van der Waals surface area contributed by atoms with Crippen LogP contribution in [-0.4, -0.2) is 18.9 Å². The van der Waals surface area contributed by atoms with Crippen molar-refractivity contribution in [2.24, 2.45) is 0 Å². The number of carbonyl (C=O) groups excluding carboxylic acids is 1. The minimum atomic E-state index is -0.334. The maximum atomic E-state index is 10.7. The van der Waals surface area contributed by atoms with Crippen molar-refractivity contribution in [1.82, 2.24) is 0 Å². The number of rotatable bonds is 8. The van der Waals surface area contributed by atoms with Crippen molar-refractivity contribution in [2.75, 3.05) is 6.61 Å². The summed E-state index contributed by atoms with van der Waals surface area (Å²) in [6.45, 7) is 6.31. The Morgan fingerprint density at radius 2 is 1.86 bits per heavy atom. The molecule has 0 aromatic carbocycles. The lowest BCUT2D eigenvalue weighted by Crippen LogP contribution is -2.20. The van der Waals surface area contributed by atoms with Crippen LogP contribution in [-0.2, 0) is 14.3 Å². The first-order valence-corrected chi connectivity index (χ1v) is 5.49. The first kappa shape index (κ1) is 13.4. The van der Waals surface area contributed by atoms with Gasteiger partial charge in [-0.15, -0.1) is 0 Å².